The van der Waals surface area contributed by atoms with Gasteiger partial charge in [0.25, 0.3) is 0 Å². The van der Waals surface area contributed by atoms with E-state index in [2.05, 4.69) is 0 Å². The zero-order chi connectivity index (χ0) is 9.42. The van der Waals surface area contributed by atoms with Crippen LogP contribution in [0.3, 0.4) is 0 Å². The summed E-state index contributed by atoms with van der Waals surface area (Å²) in [6, 6.07) is 4.92. The van der Waals surface area contributed by atoms with Crippen LogP contribution >= 0.6 is 11.8 Å². The van der Waals surface area contributed by atoms with Gasteiger partial charge in [-0.3, -0.25) is 4.79 Å². The van der Waals surface area contributed by atoms with Crippen LogP contribution in [0.5, 0.6) is 5.75 Å². The molecule has 0 bridgehead atoms. The molecule has 1 N–H and O–H groups in total. The first-order valence-corrected chi connectivity index (χ1v) is 5.07. The van der Waals surface area contributed by atoms with Gasteiger partial charge in [0.15, 0.2) is 5.78 Å². The van der Waals surface area contributed by atoms with Crippen LogP contribution < -0.4 is 0 Å². The second kappa shape index (κ2) is 3.07. The molecule has 2 nitrogen and oxygen atoms in total. The number of phenols is 1. The molecule has 0 saturated carbocycles. The molecule has 13 heavy (non-hydrogen) atoms. The molecule has 1 aromatic carbocycles. The van der Waals surface area contributed by atoms with Crippen LogP contribution in [0.1, 0.15) is 23.7 Å². The molecule has 0 aliphatic carbocycles. The number of hydrogen-bond donors (Lipinski definition) is 1. The number of hydrogen-bond acceptors (Lipinski definition) is 3. The molecular formula is C10H10O2S. The monoisotopic (exact) mass is 194 g/mol. The molecule has 0 aromatic heterocycles. The van der Waals surface area contributed by atoms with Crippen molar-refractivity contribution in [3.05, 3.63) is 23.8 Å². The third-order valence-electron chi connectivity index (χ3n) is 2.07. The number of thioether (sulfide) groups is 1. The van der Waals surface area contributed by atoms with Gasteiger partial charge in [-0.25, -0.2) is 0 Å². The van der Waals surface area contributed by atoms with Gasteiger partial charge in [-0.15, -0.1) is 11.8 Å². The van der Waals surface area contributed by atoms with Gasteiger partial charge < -0.3 is 5.11 Å². The Morgan fingerprint density at radius 1 is 1.54 bits per heavy atom. The molecule has 1 aliphatic heterocycles. The van der Waals surface area contributed by atoms with Crippen LogP contribution in [0.4, 0.5) is 0 Å². The summed E-state index contributed by atoms with van der Waals surface area (Å²) in [5.74, 6) is 0.411. The van der Waals surface area contributed by atoms with E-state index in [4.69, 9.17) is 0 Å². The highest BCUT2D eigenvalue weighted by Crippen LogP contribution is 2.36. The lowest BCUT2D eigenvalue weighted by atomic mass is 10.1. The van der Waals surface area contributed by atoms with Crippen molar-refractivity contribution in [3.63, 3.8) is 0 Å². The summed E-state index contributed by atoms with van der Waals surface area (Å²) < 4.78 is 0. The van der Waals surface area contributed by atoms with Crippen molar-refractivity contribution in [2.45, 2.75) is 23.5 Å². The van der Waals surface area contributed by atoms with Crippen molar-refractivity contribution < 1.29 is 9.90 Å². The SMILES string of the molecule is CC1CC(=O)c2ccc(O)cc2S1. The van der Waals surface area contributed by atoms with Crippen LogP contribution in [-0.4, -0.2) is 16.1 Å². The molecule has 1 aliphatic rings. The Labute approximate surface area is 81.0 Å². The predicted molar refractivity (Wildman–Crippen MR) is 52.4 cm³/mol. The van der Waals surface area contributed by atoms with Gasteiger partial charge in [-0.1, -0.05) is 6.92 Å². The number of benzene rings is 1. The second-order valence-corrected chi connectivity index (χ2v) is 4.72. The summed E-state index contributed by atoms with van der Waals surface area (Å²) in [4.78, 5) is 12.4. The van der Waals surface area contributed by atoms with Crippen molar-refractivity contribution in [3.8, 4) is 5.75 Å². The van der Waals surface area contributed by atoms with E-state index in [0.717, 1.165) is 10.5 Å². The Morgan fingerprint density at radius 3 is 3.08 bits per heavy atom. The minimum Gasteiger partial charge on any atom is -0.508 e. The fourth-order valence-corrected chi connectivity index (χ4v) is 2.63. The number of Topliss-reactive ketones (excluding diaryl/α,β-unsaturated/α-hetero) is 1. The van der Waals surface area contributed by atoms with Crippen molar-refractivity contribution in [1.29, 1.82) is 0 Å². The zero-order valence-electron chi connectivity index (χ0n) is 7.28. The zero-order valence-corrected chi connectivity index (χ0v) is 8.10. The van der Waals surface area contributed by atoms with Gasteiger partial charge in [-0.2, -0.15) is 0 Å². The number of phenolic OH excluding ortho intramolecular Hbond substituents is 1. The molecule has 68 valence electrons. The molecule has 2 rings (SSSR count). The van der Waals surface area contributed by atoms with Crippen LogP contribution in [0.25, 0.3) is 0 Å². The van der Waals surface area contributed by atoms with E-state index >= 15 is 0 Å². The molecule has 3 heteroatoms. The highest BCUT2D eigenvalue weighted by molar-refractivity contribution is 8.00. The summed E-state index contributed by atoms with van der Waals surface area (Å²) in [6.45, 7) is 2.02. The first kappa shape index (κ1) is 8.63. The average molecular weight is 194 g/mol. The second-order valence-electron chi connectivity index (χ2n) is 3.24. The van der Waals surface area contributed by atoms with Gasteiger partial charge in [0.05, 0.1) is 0 Å². The van der Waals surface area contributed by atoms with Crippen molar-refractivity contribution in [1.82, 2.24) is 0 Å². The van der Waals surface area contributed by atoms with Crippen LogP contribution in [0.2, 0.25) is 0 Å². The molecule has 0 radical (unpaired) electrons. The number of aromatic hydroxyl groups is 1. The Hall–Kier alpha value is -0.960. The molecular weight excluding hydrogens is 184 g/mol. The van der Waals surface area contributed by atoms with Gasteiger partial charge in [0.2, 0.25) is 0 Å². The fraction of sp³-hybridized carbons (Fsp3) is 0.300. The lowest BCUT2D eigenvalue weighted by Crippen LogP contribution is -2.14. The van der Waals surface area contributed by atoms with E-state index in [1.165, 1.54) is 0 Å². The molecule has 1 atom stereocenters. The average Bonchev–Trinajstić information content (AvgIpc) is 2.02. The summed E-state index contributed by atoms with van der Waals surface area (Å²) in [5.41, 5.74) is 0.751. The van der Waals surface area contributed by atoms with Crippen LogP contribution in [0, 0.1) is 0 Å². The summed E-state index contributed by atoms with van der Waals surface area (Å²) >= 11 is 1.65. The minimum absolute atomic E-state index is 0.182. The first-order chi connectivity index (χ1) is 6.16. The molecule has 1 unspecified atom stereocenters. The Bertz CT molecular complexity index is 360. The van der Waals surface area contributed by atoms with Crippen LogP contribution in [-0.2, 0) is 0 Å². The Morgan fingerprint density at radius 2 is 2.31 bits per heavy atom. The fourth-order valence-electron chi connectivity index (χ4n) is 1.47. The van der Waals surface area contributed by atoms with Gasteiger partial charge >= 0.3 is 0 Å². The summed E-state index contributed by atoms with van der Waals surface area (Å²) in [6.07, 6.45) is 0.600. The van der Waals surface area contributed by atoms with E-state index in [-0.39, 0.29) is 11.5 Å². The maximum absolute atomic E-state index is 11.5. The van der Waals surface area contributed by atoms with Gasteiger partial charge in [-0.05, 0) is 18.2 Å². The van der Waals surface area contributed by atoms with Crippen molar-refractivity contribution in [2.75, 3.05) is 0 Å². The molecule has 0 spiro atoms. The maximum Gasteiger partial charge on any atom is 0.165 e. The lowest BCUT2D eigenvalue weighted by molar-refractivity contribution is 0.0978. The molecule has 0 saturated heterocycles. The maximum atomic E-state index is 11.5. The number of ketones is 1. The summed E-state index contributed by atoms with van der Waals surface area (Å²) in [5, 5.41) is 9.56. The predicted octanol–water partition coefficient (Wildman–Crippen LogP) is 2.46. The van der Waals surface area contributed by atoms with Gasteiger partial charge in [0, 0.05) is 22.1 Å². The minimum atomic E-state index is 0.182. The van der Waals surface area contributed by atoms with Crippen molar-refractivity contribution in [2.24, 2.45) is 0 Å². The lowest BCUT2D eigenvalue weighted by Gasteiger charge is -2.19. The highest BCUT2D eigenvalue weighted by Gasteiger charge is 2.22. The number of carbonyl (C=O) groups excluding carboxylic acids is 1. The van der Waals surface area contributed by atoms with Gasteiger partial charge in [0.1, 0.15) is 5.75 Å². The van der Waals surface area contributed by atoms with Crippen LogP contribution in [0.15, 0.2) is 23.1 Å². The van der Waals surface area contributed by atoms with E-state index in [9.17, 15) is 9.90 Å². The van der Waals surface area contributed by atoms with E-state index in [0.29, 0.717) is 11.7 Å². The largest absolute Gasteiger partial charge is 0.508 e. The normalized spacial score (nSPS) is 21.3. The van der Waals surface area contributed by atoms with E-state index in [1.54, 1.807) is 30.0 Å². The number of fused-ring (bicyclic) bond motifs is 1. The highest BCUT2D eigenvalue weighted by atomic mass is 32.2. The number of rotatable bonds is 0. The third kappa shape index (κ3) is 1.56. The summed E-state index contributed by atoms with van der Waals surface area (Å²) in [7, 11) is 0. The molecule has 1 aromatic rings. The molecule has 0 amide bonds. The third-order valence-corrected chi connectivity index (χ3v) is 3.23. The Balaban J connectivity index is 2.49. The molecule has 0 fully saturated rings. The van der Waals surface area contributed by atoms with E-state index in [1.807, 2.05) is 6.92 Å². The molecule has 1 heterocycles. The smallest absolute Gasteiger partial charge is 0.165 e. The first-order valence-electron chi connectivity index (χ1n) is 4.19. The topological polar surface area (TPSA) is 37.3 Å². The Kier molecular flexibility index (Phi) is 2.04. The van der Waals surface area contributed by atoms with Crippen molar-refractivity contribution >= 4 is 17.5 Å². The number of carbonyl (C=O) groups is 1. The quantitative estimate of drug-likeness (QED) is 0.689. The van der Waals surface area contributed by atoms with E-state index < -0.39 is 0 Å². The standard InChI is InChI=1S/C10H10O2S/c1-6-4-9(12)8-3-2-7(11)5-10(8)13-6/h2-3,5-6,11H,4H2,1H3.